The number of aromatic hydroxyl groups is 1. The van der Waals surface area contributed by atoms with Crippen molar-refractivity contribution in [2.45, 2.75) is 69.7 Å². The highest BCUT2D eigenvalue weighted by Gasteiger charge is 2.70. The second-order valence-electron chi connectivity index (χ2n) is 12.9. The molecule has 1 aliphatic heterocycles. The molecule has 1 saturated carbocycles. The van der Waals surface area contributed by atoms with Gasteiger partial charge in [-0.05, 0) is 78.0 Å². The van der Waals surface area contributed by atoms with Crippen LogP contribution in [0.25, 0.3) is 0 Å². The molecule has 0 radical (unpaired) electrons. The lowest BCUT2D eigenvalue weighted by Gasteiger charge is -2.61. The number of aliphatic hydroxyl groups is 1. The highest BCUT2D eigenvalue weighted by Crippen LogP contribution is 2.61. The Bertz CT molecular complexity index is 1650. The first kappa shape index (κ1) is 33.5. The maximum atomic E-state index is 13.8. The number of allylic oxidation sites excluding steroid dienone is 1. The number of ketones is 1. The average Bonchev–Trinajstić information content (AvgIpc) is 3.17. The van der Waals surface area contributed by atoms with Gasteiger partial charge in [-0.1, -0.05) is 56.0 Å². The van der Waals surface area contributed by atoms with Crippen molar-refractivity contribution >= 4 is 34.5 Å². The molecule has 10 nitrogen and oxygen atoms in total. The van der Waals surface area contributed by atoms with Gasteiger partial charge in [0.2, 0.25) is 0 Å². The van der Waals surface area contributed by atoms with Gasteiger partial charge in [0.25, 0.3) is 0 Å². The first-order valence-electron chi connectivity index (χ1n) is 15.6. The number of phenolic OH excluding ortho intramolecular Hbond substituents is 1. The van der Waals surface area contributed by atoms with E-state index in [1.807, 2.05) is 65.1 Å². The van der Waals surface area contributed by atoms with Crippen LogP contribution in [0.4, 0.5) is 4.79 Å². The van der Waals surface area contributed by atoms with Crippen LogP contribution in [0.15, 0.2) is 78.1 Å². The van der Waals surface area contributed by atoms with Crippen molar-refractivity contribution in [3.63, 3.8) is 0 Å². The minimum atomic E-state index is -1.85. The molecule has 6 rings (SSSR count). The van der Waals surface area contributed by atoms with Crippen LogP contribution in [0.3, 0.4) is 0 Å². The van der Waals surface area contributed by atoms with Crippen LogP contribution in [0.2, 0.25) is 0 Å². The quantitative estimate of drug-likeness (QED) is 0.103. The lowest BCUT2D eigenvalue weighted by Crippen LogP contribution is -2.71. The summed E-state index contributed by atoms with van der Waals surface area (Å²) in [5, 5.41) is 22.5. The van der Waals surface area contributed by atoms with Gasteiger partial charge in [0.15, 0.2) is 17.3 Å². The van der Waals surface area contributed by atoms with Crippen molar-refractivity contribution in [1.82, 2.24) is 0 Å². The molecular formula is C36H39IO10. The van der Waals surface area contributed by atoms with E-state index >= 15 is 0 Å². The van der Waals surface area contributed by atoms with Crippen molar-refractivity contribution in [3.8, 4) is 17.2 Å². The van der Waals surface area contributed by atoms with Gasteiger partial charge >= 0.3 is 12.1 Å². The summed E-state index contributed by atoms with van der Waals surface area (Å²) in [5.74, 6) is -2.60. The van der Waals surface area contributed by atoms with Gasteiger partial charge < -0.3 is 38.6 Å². The van der Waals surface area contributed by atoms with E-state index in [-0.39, 0.29) is 42.6 Å². The van der Waals surface area contributed by atoms with Crippen molar-refractivity contribution in [2.24, 2.45) is 17.8 Å². The molecule has 47 heavy (non-hydrogen) atoms. The SMILES string of the molecule is C=C(C)O[C@]1(Cc2ccccc2)OC2CC[C@@H](C)[C@@]3(O1)[C@H]2C=C(COC(=O)Oc1cc(I)c(O)c(OC)c1)C[C@]1(O)C(=O)C(C)=C[C@@H]31. The number of hydrogen-bond donors (Lipinski definition) is 2. The largest absolute Gasteiger partial charge is 0.514 e. The maximum Gasteiger partial charge on any atom is 0.514 e. The Morgan fingerprint density at radius 2 is 1.91 bits per heavy atom. The number of ether oxygens (including phenoxy) is 6. The summed E-state index contributed by atoms with van der Waals surface area (Å²) in [6.45, 7) is 9.27. The number of phenols is 1. The molecule has 1 heterocycles. The van der Waals surface area contributed by atoms with E-state index in [1.165, 1.54) is 19.2 Å². The number of methoxy groups -OCH3 is 1. The molecule has 2 aromatic rings. The van der Waals surface area contributed by atoms with E-state index < -0.39 is 47.1 Å². The van der Waals surface area contributed by atoms with E-state index in [4.69, 9.17) is 28.4 Å². The number of carbonyl (C=O) groups excluding carboxylic acids is 2. The second-order valence-corrected chi connectivity index (χ2v) is 14.1. The molecule has 11 heteroatoms. The van der Waals surface area contributed by atoms with E-state index in [2.05, 4.69) is 13.5 Å². The van der Waals surface area contributed by atoms with Crippen LogP contribution in [0, 0.1) is 21.3 Å². The van der Waals surface area contributed by atoms with Crippen LogP contribution in [-0.2, 0) is 30.2 Å². The summed E-state index contributed by atoms with van der Waals surface area (Å²) < 4.78 is 36.7. The third-order valence-corrected chi connectivity index (χ3v) is 10.5. The Balaban J connectivity index is 1.36. The molecule has 3 aliphatic carbocycles. The predicted octanol–water partition coefficient (Wildman–Crippen LogP) is 6.37. The minimum absolute atomic E-state index is 0.0718. The number of halogens is 1. The van der Waals surface area contributed by atoms with E-state index in [9.17, 15) is 19.8 Å². The highest BCUT2D eigenvalue weighted by molar-refractivity contribution is 14.1. The van der Waals surface area contributed by atoms with E-state index in [0.717, 1.165) is 12.0 Å². The topological polar surface area (TPSA) is 130 Å². The van der Waals surface area contributed by atoms with Crippen molar-refractivity contribution < 1.29 is 48.2 Å². The number of Topliss-reactive ketones (excluding diaryl/α,β-unsaturated/α-hetero) is 1. The molecule has 4 aliphatic rings. The van der Waals surface area contributed by atoms with Gasteiger partial charge in [0.05, 0.1) is 34.6 Å². The fraction of sp³-hybridized carbons (Fsp3) is 0.444. The predicted molar refractivity (Wildman–Crippen MR) is 179 cm³/mol. The van der Waals surface area contributed by atoms with Crippen LogP contribution >= 0.6 is 22.6 Å². The molecule has 1 saturated heterocycles. The Morgan fingerprint density at radius 3 is 2.62 bits per heavy atom. The van der Waals surface area contributed by atoms with Crippen molar-refractivity contribution in [3.05, 3.63) is 87.2 Å². The van der Waals surface area contributed by atoms with Gasteiger partial charge in [-0.25, -0.2) is 4.79 Å². The summed E-state index contributed by atoms with van der Waals surface area (Å²) in [6.07, 6.45) is 3.99. The summed E-state index contributed by atoms with van der Waals surface area (Å²) >= 11 is 1.90. The Hall–Kier alpha value is -3.39. The zero-order valence-corrected chi connectivity index (χ0v) is 28.9. The summed E-state index contributed by atoms with van der Waals surface area (Å²) in [6, 6.07) is 12.6. The van der Waals surface area contributed by atoms with Crippen LogP contribution in [0.5, 0.6) is 17.2 Å². The van der Waals surface area contributed by atoms with Crippen molar-refractivity contribution in [1.29, 1.82) is 0 Å². The fourth-order valence-corrected chi connectivity index (χ4v) is 8.36. The lowest BCUT2D eigenvalue weighted by molar-refractivity contribution is -0.474. The first-order chi connectivity index (χ1) is 22.3. The molecule has 2 aromatic carbocycles. The normalized spacial score (nSPS) is 32.6. The molecule has 0 spiro atoms. The summed E-state index contributed by atoms with van der Waals surface area (Å²) in [4.78, 5) is 26.6. The number of fused-ring (bicyclic) bond motifs is 1. The van der Waals surface area contributed by atoms with Crippen molar-refractivity contribution in [2.75, 3.05) is 13.7 Å². The van der Waals surface area contributed by atoms with Crippen LogP contribution in [0.1, 0.15) is 45.6 Å². The Kier molecular flexibility index (Phi) is 8.96. The van der Waals surface area contributed by atoms with Gasteiger partial charge in [-0.2, -0.15) is 0 Å². The summed E-state index contributed by atoms with van der Waals surface area (Å²) in [7, 11) is 1.39. The Labute approximate surface area is 287 Å². The third kappa shape index (κ3) is 5.96. The molecule has 0 amide bonds. The average molecular weight is 759 g/mol. The second kappa shape index (κ2) is 12.6. The van der Waals surface area contributed by atoms with Gasteiger partial charge in [0, 0.05) is 24.3 Å². The zero-order chi connectivity index (χ0) is 33.7. The maximum absolute atomic E-state index is 13.8. The molecule has 2 fully saturated rings. The van der Waals surface area contributed by atoms with Crippen LogP contribution in [-0.4, -0.2) is 59.1 Å². The summed E-state index contributed by atoms with van der Waals surface area (Å²) in [5.41, 5.74) is -1.04. The highest BCUT2D eigenvalue weighted by atomic mass is 127. The zero-order valence-electron chi connectivity index (χ0n) is 26.8. The minimum Gasteiger partial charge on any atom is -0.504 e. The first-order valence-corrected chi connectivity index (χ1v) is 16.7. The van der Waals surface area contributed by atoms with Gasteiger partial charge in [-0.15, -0.1) is 0 Å². The van der Waals surface area contributed by atoms with Gasteiger partial charge in [-0.3, -0.25) is 4.79 Å². The Morgan fingerprint density at radius 1 is 1.17 bits per heavy atom. The number of rotatable bonds is 8. The number of hydrogen-bond acceptors (Lipinski definition) is 10. The number of benzene rings is 2. The lowest BCUT2D eigenvalue weighted by atomic mass is 9.59. The molecule has 250 valence electrons. The monoisotopic (exact) mass is 758 g/mol. The third-order valence-electron chi connectivity index (χ3n) is 9.71. The molecule has 1 unspecified atom stereocenters. The molecule has 0 aromatic heterocycles. The molecule has 7 atom stereocenters. The van der Waals surface area contributed by atoms with E-state index in [1.54, 1.807) is 13.8 Å². The van der Waals surface area contributed by atoms with Crippen LogP contribution < -0.4 is 9.47 Å². The fourth-order valence-electron chi connectivity index (χ4n) is 7.79. The van der Waals surface area contributed by atoms with E-state index in [0.29, 0.717) is 26.9 Å². The van der Waals surface area contributed by atoms with Gasteiger partial charge in [0.1, 0.15) is 18.0 Å². The smallest absolute Gasteiger partial charge is 0.504 e. The standard InChI is InChI=1S/C36H39IO10/c1-20(2)45-35(18-23-9-7-6-8-10-23)46-28-12-11-22(4)36(47-35)26(28)14-24(17-34(41)30(36)13-21(3)32(34)39)19-43-33(40)44-25-15-27(37)31(38)29(16-25)42-5/h6-10,13-16,22,26,28,30,38,41H,1,11-12,17-19H2,2-5H3/t22-,26+,28?,30-,34-,35-,36-/m1/s1. The molecular weight excluding hydrogens is 719 g/mol. The number of carbonyl (C=O) groups is 2. The molecule has 2 N–H and O–H groups in total. The molecule has 2 bridgehead atoms.